The molecule has 1 aromatic carbocycles. The van der Waals surface area contributed by atoms with Crippen LogP contribution >= 0.6 is 44.4 Å². The van der Waals surface area contributed by atoms with E-state index in [1.165, 1.54) is 25.5 Å². The zero-order valence-corrected chi connectivity index (χ0v) is 21.2. The van der Waals surface area contributed by atoms with Crippen molar-refractivity contribution in [2.24, 2.45) is 5.92 Å². The summed E-state index contributed by atoms with van der Waals surface area (Å²) < 4.78 is 24.8. The van der Waals surface area contributed by atoms with Gasteiger partial charge in [-0.1, -0.05) is 30.1 Å². The maximum Gasteiger partial charge on any atom is 0.267 e. The molecule has 2 heterocycles. The number of hydrogen-bond acceptors (Lipinski definition) is 5. The van der Waals surface area contributed by atoms with Crippen molar-refractivity contribution in [2.45, 2.75) is 32.2 Å². The fourth-order valence-corrected chi connectivity index (χ4v) is 6.54. The van der Waals surface area contributed by atoms with Crippen molar-refractivity contribution in [3.05, 3.63) is 27.7 Å². The first-order valence-corrected chi connectivity index (χ1v) is 14.7. The van der Waals surface area contributed by atoms with E-state index in [1.807, 2.05) is 11.8 Å². The normalized spacial score (nSPS) is 21.0. The zero-order chi connectivity index (χ0) is 22.1. The molecular formula is C19H26Cl2IN3O4S. The van der Waals surface area contributed by atoms with Crippen LogP contribution in [-0.2, 0) is 18.4 Å². The molecule has 0 saturated carbocycles. The van der Waals surface area contributed by atoms with E-state index in [-0.39, 0.29) is 27.6 Å². The predicted octanol–water partition coefficient (Wildman–Crippen LogP) is 3.17. The van der Waals surface area contributed by atoms with Crippen molar-refractivity contribution in [1.82, 2.24) is 14.1 Å². The quantitative estimate of drug-likeness (QED) is 0.421. The molecular weight excluding hydrogens is 564 g/mol. The second kappa shape index (κ2) is 10.1. The van der Waals surface area contributed by atoms with Crippen LogP contribution in [-0.4, -0.2) is 78.8 Å². The van der Waals surface area contributed by atoms with Crippen LogP contribution in [0.1, 0.15) is 25.3 Å². The SMILES string of the molecule is C[C@H](Cc1cc(Cl)c(O)c(Cl)c1)C(=O)N1CCC(N2CCN(S(=O)(=O)I)CC2)CC1. The van der Waals surface area contributed by atoms with Crippen LogP contribution in [0.25, 0.3) is 0 Å². The molecule has 0 spiro atoms. The van der Waals surface area contributed by atoms with Crippen LogP contribution in [0.3, 0.4) is 0 Å². The molecule has 0 aromatic heterocycles. The summed E-state index contributed by atoms with van der Waals surface area (Å²) in [6, 6.07) is 3.68. The molecule has 1 atom stereocenters. The molecule has 0 unspecified atom stereocenters. The van der Waals surface area contributed by atoms with Gasteiger partial charge in [0, 0.05) is 51.2 Å². The van der Waals surface area contributed by atoms with Crippen LogP contribution in [0.5, 0.6) is 5.75 Å². The molecule has 11 heteroatoms. The molecule has 30 heavy (non-hydrogen) atoms. The highest BCUT2D eigenvalue weighted by molar-refractivity contribution is 14.2. The monoisotopic (exact) mass is 589 g/mol. The van der Waals surface area contributed by atoms with E-state index in [9.17, 15) is 18.3 Å². The van der Waals surface area contributed by atoms with Gasteiger partial charge in [0.1, 0.15) is 0 Å². The van der Waals surface area contributed by atoms with E-state index in [2.05, 4.69) is 4.90 Å². The molecule has 0 bridgehead atoms. The average molecular weight is 590 g/mol. The number of amides is 1. The van der Waals surface area contributed by atoms with E-state index < -0.39 is 7.19 Å². The Morgan fingerprint density at radius 3 is 2.17 bits per heavy atom. The van der Waals surface area contributed by atoms with E-state index in [1.54, 1.807) is 12.1 Å². The number of carbonyl (C=O) groups excluding carboxylic acids is 1. The van der Waals surface area contributed by atoms with Gasteiger partial charge < -0.3 is 10.0 Å². The van der Waals surface area contributed by atoms with E-state index in [0.717, 1.165) is 31.5 Å². The lowest BCUT2D eigenvalue weighted by atomic mass is 9.97. The Kier molecular flexibility index (Phi) is 8.17. The minimum Gasteiger partial charge on any atom is -0.505 e. The van der Waals surface area contributed by atoms with Gasteiger partial charge >= 0.3 is 0 Å². The van der Waals surface area contributed by atoms with E-state index >= 15 is 0 Å². The second-order valence-electron chi connectivity index (χ2n) is 7.95. The summed E-state index contributed by atoms with van der Waals surface area (Å²) in [6.07, 6.45) is 2.30. The van der Waals surface area contributed by atoms with Gasteiger partial charge in [-0.05, 0) is 37.0 Å². The summed E-state index contributed by atoms with van der Waals surface area (Å²) in [5, 5.41) is 10.1. The maximum atomic E-state index is 12.9. The smallest absolute Gasteiger partial charge is 0.267 e. The molecule has 1 amide bonds. The third-order valence-electron chi connectivity index (χ3n) is 5.91. The molecule has 2 aliphatic heterocycles. The molecule has 168 valence electrons. The van der Waals surface area contributed by atoms with E-state index in [0.29, 0.717) is 38.6 Å². The zero-order valence-electron chi connectivity index (χ0n) is 16.7. The van der Waals surface area contributed by atoms with Crippen molar-refractivity contribution in [3.63, 3.8) is 0 Å². The highest BCUT2D eigenvalue weighted by Crippen LogP contribution is 2.33. The topological polar surface area (TPSA) is 81.2 Å². The van der Waals surface area contributed by atoms with Gasteiger partial charge in [0.25, 0.3) is 7.19 Å². The lowest BCUT2D eigenvalue weighted by molar-refractivity contribution is -0.136. The molecule has 3 rings (SSSR count). The molecule has 1 aromatic rings. The van der Waals surface area contributed by atoms with Crippen molar-refractivity contribution < 1.29 is 18.3 Å². The van der Waals surface area contributed by atoms with Crippen LogP contribution < -0.4 is 0 Å². The molecule has 2 saturated heterocycles. The third kappa shape index (κ3) is 5.92. The van der Waals surface area contributed by atoms with Crippen LogP contribution in [0.4, 0.5) is 0 Å². The highest BCUT2D eigenvalue weighted by Gasteiger charge is 2.32. The number of benzene rings is 1. The lowest BCUT2D eigenvalue weighted by Gasteiger charge is -2.42. The summed E-state index contributed by atoms with van der Waals surface area (Å²) >= 11 is 13.5. The lowest BCUT2D eigenvalue weighted by Crippen LogP contribution is -2.54. The minimum atomic E-state index is -3.15. The molecule has 7 nitrogen and oxygen atoms in total. The van der Waals surface area contributed by atoms with Crippen molar-refractivity contribution in [1.29, 1.82) is 0 Å². The number of hydrogen-bond donors (Lipinski definition) is 1. The first-order valence-electron chi connectivity index (χ1n) is 9.95. The van der Waals surface area contributed by atoms with Gasteiger partial charge in [-0.2, -0.15) is 4.31 Å². The third-order valence-corrected chi connectivity index (χ3v) is 9.14. The first kappa shape index (κ1) is 24.3. The predicted molar refractivity (Wildman–Crippen MR) is 127 cm³/mol. The number of phenols is 1. The fourth-order valence-electron chi connectivity index (χ4n) is 4.23. The Balaban J connectivity index is 1.49. The van der Waals surface area contributed by atoms with Crippen molar-refractivity contribution in [3.8, 4) is 5.75 Å². The Morgan fingerprint density at radius 2 is 1.67 bits per heavy atom. The summed E-state index contributed by atoms with van der Waals surface area (Å²) in [7, 11) is -3.15. The number of likely N-dealkylation sites (tertiary alicyclic amines) is 1. The number of halogens is 3. The number of aromatic hydroxyl groups is 1. The van der Waals surface area contributed by atoms with Gasteiger partial charge in [0.15, 0.2) is 5.75 Å². The Bertz CT molecular complexity index is 863. The molecule has 0 radical (unpaired) electrons. The van der Waals surface area contributed by atoms with E-state index in [4.69, 9.17) is 23.2 Å². The maximum absolute atomic E-state index is 12.9. The number of phenolic OH excluding ortho intramolecular Hbond substituents is 1. The molecule has 0 aliphatic carbocycles. The Labute approximate surface area is 199 Å². The average Bonchev–Trinajstić information content (AvgIpc) is 2.71. The van der Waals surface area contributed by atoms with Gasteiger partial charge in [0.2, 0.25) is 5.91 Å². The molecule has 2 aliphatic rings. The van der Waals surface area contributed by atoms with Crippen LogP contribution in [0.2, 0.25) is 10.0 Å². The first-order chi connectivity index (χ1) is 14.1. The van der Waals surface area contributed by atoms with Gasteiger partial charge in [-0.15, -0.1) is 0 Å². The summed E-state index contributed by atoms with van der Waals surface area (Å²) in [6.45, 7) is 5.83. The summed E-state index contributed by atoms with van der Waals surface area (Å²) in [5.41, 5.74) is 0.821. The van der Waals surface area contributed by atoms with Gasteiger partial charge in [0.05, 0.1) is 31.3 Å². The summed E-state index contributed by atoms with van der Waals surface area (Å²) in [4.78, 5) is 17.2. The number of piperidine rings is 1. The Hall–Kier alpha value is -0.330. The fraction of sp³-hybridized carbons (Fsp3) is 0.632. The number of rotatable bonds is 5. The second-order valence-corrected chi connectivity index (χ2v) is 13.4. The minimum absolute atomic E-state index is 0.106. The largest absolute Gasteiger partial charge is 0.505 e. The summed E-state index contributed by atoms with van der Waals surface area (Å²) in [5.74, 6) is -0.245. The Morgan fingerprint density at radius 1 is 1.13 bits per heavy atom. The van der Waals surface area contributed by atoms with Crippen molar-refractivity contribution >= 4 is 57.5 Å². The van der Waals surface area contributed by atoms with Crippen LogP contribution in [0, 0.1) is 5.92 Å². The van der Waals surface area contributed by atoms with Gasteiger partial charge in [-0.25, -0.2) is 8.42 Å². The number of piperazine rings is 1. The molecule has 2 fully saturated rings. The van der Waals surface area contributed by atoms with Gasteiger partial charge in [-0.3, -0.25) is 9.69 Å². The number of carbonyl (C=O) groups is 1. The highest BCUT2D eigenvalue weighted by atomic mass is 127. The standard InChI is InChI=1S/C19H26Cl2IN3O4S/c1-13(10-14-11-16(20)18(26)17(21)12-14)19(27)24-4-2-15(3-5-24)23-6-8-25(9-7-23)30(22,28)29/h11-13,15,26H,2-10H2,1H3/t13-/m1/s1. The number of nitrogens with zero attached hydrogens (tertiary/aromatic N) is 3. The van der Waals surface area contributed by atoms with Crippen LogP contribution in [0.15, 0.2) is 12.1 Å². The van der Waals surface area contributed by atoms with Crippen molar-refractivity contribution in [2.75, 3.05) is 39.3 Å². The molecule has 1 N–H and O–H groups in total.